The summed E-state index contributed by atoms with van der Waals surface area (Å²) in [5, 5.41) is 11.0. The molecule has 0 aliphatic heterocycles. The summed E-state index contributed by atoms with van der Waals surface area (Å²) < 4.78 is 18.3. The third kappa shape index (κ3) is 7.20. The monoisotopic (exact) mass is 467 g/mol. The molecular formula is C29H25NO5. The van der Waals surface area contributed by atoms with Crippen LogP contribution in [-0.2, 0) is 19.8 Å². The summed E-state index contributed by atoms with van der Waals surface area (Å²) in [4.78, 5) is 10.5. The van der Waals surface area contributed by atoms with E-state index in [2.05, 4.69) is 0 Å². The number of nitro groups is 1. The molecule has 0 saturated heterocycles. The Morgan fingerprint density at radius 2 is 1.00 bits per heavy atom. The third-order valence-corrected chi connectivity index (χ3v) is 5.16. The Labute approximate surface area is 204 Å². The largest absolute Gasteiger partial charge is 0.488 e. The van der Waals surface area contributed by atoms with Crippen LogP contribution < -0.4 is 14.2 Å². The third-order valence-electron chi connectivity index (χ3n) is 5.16. The van der Waals surface area contributed by atoms with Crippen LogP contribution in [0.4, 0.5) is 0 Å². The van der Waals surface area contributed by atoms with Gasteiger partial charge in [0.1, 0.15) is 25.6 Å². The quantitative estimate of drug-likeness (QED) is 0.182. The first-order valence-electron chi connectivity index (χ1n) is 11.2. The molecule has 0 aliphatic rings. The number of hydrogen-bond donors (Lipinski definition) is 0. The van der Waals surface area contributed by atoms with Crippen LogP contribution in [0.5, 0.6) is 17.2 Å². The molecule has 0 aromatic heterocycles. The van der Waals surface area contributed by atoms with Crippen molar-refractivity contribution in [2.45, 2.75) is 19.8 Å². The molecule has 6 heteroatoms. The Morgan fingerprint density at radius 3 is 1.43 bits per heavy atom. The summed E-state index contributed by atoms with van der Waals surface area (Å²) in [6, 6.07) is 32.7. The molecule has 0 aliphatic carbocycles. The molecule has 4 rings (SSSR count). The van der Waals surface area contributed by atoms with Crippen molar-refractivity contribution >= 4 is 6.08 Å². The highest BCUT2D eigenvalue weighted by atomic mass is 16.6. The van der Waals surface area contributed by atoms with Gasteiger partial charge >= 0.3 is 0 Å². The van der Waals surface area contributed by atoms with Crippen LogP contribution >= 0.6 is 0 Å². The van der Waals surface area contributed by atoms with Crippen molar-refractivity contribution in [2.24, 2.45) is 0 Å². The van der Waals surface area contributed by atoms with Crippen LogP contribution in [0, 0.1) is 10.1 Å². The highest BCUT2D eigenvalue weighted by Crippen LogP contribution is 2.37. The smallest absolute Gasteiger partial charge is 0.235 e. The zero-order valence-electron chi connectivity index (χ0n) is 19.1. The molecule has 0 fully saturated rings. The molecule has 0 unspecified atom stereocenters. The Morgan fingerprint density at radius 1 is 0.600 bits per heavy atom. The fourth-order valence-electron chi connectivity index (χ4n) is 3.38. The van der Waals surface area contributed by atoms with E-state index in [4.69, 9.17) is 14.2 Å². The first-order chi connectivity index (χ1) is 17.2. The summed E-state index contributed by atoms with van der Waals surface area (Å²) in [6.07, 6.45) is 2.28. The van der Waals surface area contributed by atoms with Gasteiger partial charge in [-0.1, -0.05) is 91.0 Å². The minimum absolute atomic E-state index is 0.308. The van der Waals surface area contributed by atoms with Gasteiger partial charge in [-0.25, -0.2) is 0 Å². The molecule has 176 valence electrons. The van der Waals surface area contributed by atoms with Gasteiger partial charge in [0.2, 0.25) is 6.20 Å². The van der Waals surface area contributed by atoms with Crippen molar-refractivity contribution in [3.05, 3.63) is 142 Å². The average Bonchev–Trinajstić information content (AvgIpc) is 2.90. The van der Waals surface area contributed by atoms with Gasteiger partial charge in [-0.2, -0.15) is 0 Å². The zero-order valence-corrected chi connectivity index (χ0v) is 19.1. The lowest BCUT2D eigenvalue weighted by Crippen LogP contribution is -2.03. The lowest BCUT2D eigenvalue weighted by molar-refractivity contribution is -0.400. The van der Waals surface area contributed by atoms with Crippen molar-refractivity contribution < 1.29 is 19.1 Å². The van der Waals surface area contributed by atoms with Crippen LogP contribution in [0.2, 0.25) is 0 Å². The van der Waals surface area contributed by atoms with E-state index in [-0.39, 0.29) is 0 Å². The summed E-state index contributed by atoms with van der Waals surface area (Å²) in [6.45, 7) is 0.971. The molecule has 4 aromatic rings. The van der Waals surface area contributed by atoms with Crippen LogP contribution in [0.25, 0.3) is 6.08 Å². The maximum Gasteiger partial charge on any atom is 0.235 e. The van der Waals surface area contributed by atoms with Crippen LogP contribution in [-0.4, -0.2) is 4.92 Å². The van der Waals surface area contributed by atoms with Gasteiger partial charge in [-0.05, 0) is 22.8 Å². The zero-order chi connectivity index (χ0) is 24.3. The van der Waals surface area contributed by atoms with Crippen molar-refractivity contribution in [1.82, 2.24) is 0 Å². The molecule has 4 aromatic carbocycles. The first kappa shape index (κ1) is 23.6. The van der Waals surface area contributed by atoms with Gasteiger partial charge in [0.15, 0.2) is 11.5 Å². The van der Waals surface area contributed by atoms with Crippen molar-refractivity contribution in [3.8, 4) is 17.2 Å². The molecule has 0 bridgehead atoms. The second-order valence-corrected chi connectivity index (χ2v) is 7.76. The lowest BCUT2D eigenvalue weighted by Gasteiger charge is -2.17. The maximum atomic E-state index is 11.0. The molecule has 6 nitrogen and oxygen atoms in total. The van der Waals surface area contributed by atoms with Gasteiger partial charge in [0.25, 0.3) is 0 Å². The highest BCUT2D eigenvalue weighted by molar-refractivity contribution is 5.63. The summed E-state index contributed by atoms with van der Waals surface area (Å²) in [5.41, 5.74) is 3.50. The van der Waals surface area contributed by atoms with Gasteiger partial charge in [-0.15, -0.1) is 0 Å². The fourth-order valence-corrected chi connectivity index (χ4v) is 3.38. The molecule has 0 heterocycles. The highest BCUT2D eigenvalue weighted by Gasteiger charge is 2.14. The van der Waals surface area contributed by atoms with E-state index in [0.717, 1.165) is 22.9 Å². The van der Waals surface area contributed by atoms with E-state index in [1.165, 1.54) is 6.08 Å². The number of hydrogen-bond acceptors (Lipinski definition) is 5. The van der Waals surface area contributed by atoms with E-state index in [0.29, 0.717) is 42.6 Å². The molecule has 0 amide bonds. The summed E-state index contributed by atoms with van der Waals surface area (Å²) in [5.74, 6) is 1.42. The number of ether oxygens (including phenoxy) is 3. The molecule has 0 spiro atoms. The number of nitrogens with zero attached hydrogens (tertiary/aromatic N) is 1. The van der Waals surface area contributed by atoms with Gasteiger partial charge in [-0.3, -0.25) is 10.1 Å². The Kier molecular flexibility index (Phi) is 8.11. The van der Waals surface area contributed by atoms with Crippen molar-refractivity contribution in [2.75, 3.05) is 0 Å². The Balaban J connectivity index is 1.64. The number of benzene rings is 4. The van der Waals surface area contributed by atoms with Gasteiger partial charge < -0.3 is 14.2 Å². The maximum absolute atomic E-state index is 11.0. The molecule has 0 atom stereocenters. The van der Waals surface area contributed by atoms with Crippen LogP contribution in [0.15, 0.2) is 109 Å². The standard InChI is InChI=1S/C29H25NO5/c31-30(32)17-16-26-18-28(34-21-24-12-6-2-7-13-24)29(35-22-25-14-8-3-9-15-25)19-27(26)33-20-23-10-4-1-5-11-23/h1-19H,20-22H2/b17-16+. The van der Waals surface area contributed by atoms with Gasteiger partial charge in [0, 0.05) is 17.7 Å². The topological polar surface area (TPSA) is 70.8 Å². The fraction of sp³-hybridized carbons (Fsp3) is 0.103. The Hall–Kier alpha value is -4.58. The first-order valence-corrected chi connectivity index (χ1v) is 11.2. The molecule has 35 heavy (non-hydrogen) atoms. The second-order valence-electron chi connectivity index (χ2n) is 7.76. The van der Waals surface area contributed by atoms with Crippen molar-refractivity contribution in [1.29, 1.82) is 0 Å². The SMILES string of the molecule is O=[N+]([O-])/C=C/c1cc(OCc2ccccc2)c(OCc2ccccc2)cc1OCc1ccccc1. The van der Waals surface area contributed by atoms with Crippen molar-refractivity contribution in [3.63, 3.8) is 0 Å². The summed E-state index contributed by atoms with van der Waals surface area (Å²) >= 11 is 0. The van der Waals surface area contributed by atoms with Crippen LogP contribution in [0.3, 0.4) is 0 Å². The molecular weight excluding hydrogens is 442 g/mol. The predicted molar refractivity (Wildman–Crippen MR) is 135 cm³/mol. The van der Waals surface area contributed by atoms with E-state index in [1.807, 2.05) is 91.0 Å². The van der Waals surface area contributed by atoms with E-state index in [1.54, 1.807) is 12.1 Å². The van der Waals surface area contributed by atoms with E-state index >= 15 is 0 Å². The normalized spacial score (nSPS) is 10.7. The van der Waals surface area contributed by atoms with E-state index in [9.17, 15) is 10.1 Å². The molecule has 0 radical (unpaired) electrons. The molecule has 0 N–H and O–H groups in total. The average molecular weight is 468 g/mol. The van der Waals surface area contributed by atoms with Crippen LogP contribution in [0.1, 0.15) is 22.3 Å². The minimum Gasteiger partial charge on any atom is -0.488 e. The van der Waals surface area contributed by atoms with Gasteiger partial charge in [0.05, 0.1) is 4.92 Å². The number of rotatable bonds is 11. The second kappa shape index (κ2) is 12.0. The minimum atomic E-state index is -0.509. The Bertz CT molecular complexity index is 1260. The predicted octanol–water partition coefficient (Wildman–Crippen LogP) is 6.67. The lowest BCUT2D eigenvalue weighted by atomic mass is 10.1. The molecule has 0 saturated carbocycles. The van der Waals surface area contributed by atoms with E-state index < -0.39 is 4.92 Å². The summed E-state index contributed by atoms with van der Waals surface area (Å²) in [7, 11) is 0.